The topological polar surface area (TPSA) is 15.3 Å². The fraction of sp³-hybridized carbons (Fsp3) is 0.667. The molecule has 1 aromatic rings. The van der Waals surface area contributed by atoms with Gasteiger partial charge in [-0.1, -0.05) is 31.2 Å². The van der Waals surface area contributed by atoms with Gasteiger partial charge in [0, 0.05) is 24.7 Å². The maximum Gasteiger partial charge on any atom is 0.0239 e. The van der Waals surface area contributed by atoms with Crippen molar-refractivity contribution >= 4 is 0 Å². The Morgan fingerprint density at radius 1 is 1.15 bits per heavy atom. The van der Waals surface area contributed by atoms with E-state index in [2.05, 4.69) is 48.3 Å². The first-order chi connectivity index (χ1) is 9.76. The predicted octanol–water partition coefficient (Wildman–Crippen LogP) is 3.49. The molecule has 0 spiro atoms. The summed E-state index contributed by atoms with van der Waals surface area (Å²) >= 11 is 0. The number of benzene rings is 1. The second-order valence-corrected chi connectivity index (χ2v) is 6.66. The van der Waals surface area contributed by atoms with Crippen LogP contribution in [0, 0.1) is 6.92 Å². The number of fused-ring (bicyclic) bond motifs is 2. The molecule has 2 bridgehead atoms. The maximum absolute atomic E-state index is 3.77. The van der Waals surface area contributed by atoms with Crippen molar-refractivity contribution < 1.29 is 0 Å². The van der Waals surface area contributed by atoms with Gasteiger partial charge < -0.3 is 5.32 Å². The minimum Gasteiger partial charge on any atom is -0.311 e. The van der Waals surface area contributed by atoms with Crippen LogP contribution in [0.2, 0.25) is 0 Å². The molecule has 2 aliphatic rings. The lowest BCUT2D eigenvalue weighted by molar-refractivity contribution is 0.133. The molecule has 2 nitrogen and oxygen atoms in total. The van der Waals surface area contributed by atoms with Crippen LogP contribution in [0.15, 0.2) is 24.3 Å². The lowest BCUT2D eigenvalue weighted by atomic mass is 9.97. The van der Waals surface area contributed by atoms with Crippen LogP contribution in [0.1, 0.15) is 50.2 Å². The molecule has 2 unspecified atom stereocenters. The Bertz CT molecular complexity index is 431. The monoisotopic (exact) mass is 272 g/mol. The van der Waals surface area contributed by atoms with Crippen LogP contribution in [-0.2, 0) is 6.54 Å². The van der Waals surface area contributed by atoms with E-state index in [1.165, 1.54) is 49.8 Å². The fourth-order valence-corrected chi connectivity index (χ4v) is 4.01. The summed E-state index contributed by atoms with van der Waals surface area (Å²) in [4.78, 5) is 2.74. The zero-order valence-corrected chi connectivity index (χ0v) is 12.9. The molecule has 2 fully saturated rings. The van der Waals surface area contributed by atoms with Crippen molar-refractivity contribution in [3.63, 3.8) is 0 Å². The molecule has 0 amide bonds. The maximum atomic E-state index is 3.77. The van der Waals surface area contributed by atoms with Gasteiger partial charge in [0.25, 0.3) is 0 Å². The van der Waals surface area contributed by atoms with E-state index in [4.69, 9.17) is 0 Å². The Morgan fingerprint density at radius 3 is 2.50 bits per heavy atom. The second kappa shape index (κ2) is 6.28. The highest BCUT2D eigenvalue weighted by molar-refractivity contribution is 5.25. The van der Waals surface area contributed by atoms with Gasteiger partial charge in [0.05, 0.1) is 0 Å². The van der Waals surface area contributed by atoms with Gasteiger partial charge >= 0.3 is 0 Å². The van der Waals surface area contributed by atoms with Crippen LogP contribution in [0.4, 0.5) is 0 Å². The molecule has 0 aromatic heterocycles. The molecule has 1 aromatic carbocycles. The molecule has 1 N–H and O–H groups in total. The van der Waals surface area contributed by atoms with Gasteiger partial charge in [-0.3, -0.25) is 4.90 Å². The van der Waals surface area contributed by atoms with Gasteiger partial charge in [0.2, 0.25) is 0 Å². The van der Waals surface area contributed by atoms with Gasteiger partial charge in [-0.15, -0.1) is 0 Å². The first-order valence-corrected chi connectivity index (χ1v) is 8.31. The molecule has 20 heavy (non-hydrogen) atoms. The van der Waals surface area contributed by atoms with Crippen LogP contribution in [0.25, 0.3) is 0 Å². The van der Waals surface area contributed by atoms with E-state index in [9.17, 15) is 0 Å². The third kappa shape index (κ3) is 3.07. The van der Waals surface area contributed by atoms with Gasteiger partial charge in [-0.05, 0) is 56.7 Å². The molecule has 0 aliphatic carbocycles. The lowest BCUT2D eigenvalue weighted by Crippen LogP contribution is -2.48. The van der Waals surface area contributed by atoms with Crippen LogP contribution in [-0.4, -0.2) is 29.6 Å². The minimum absolute atomic E-state index is 0.785. The molecule has 2 heteroatoms. The first-order valence-electron chi connectivity index (χ1n) is 8.31. The van der Waals surface area contributed by atoms with Crippen molar-refractivity contribution in [3.05, 3.63) is 35.4 Å². The van der Waals surface area contributed by atoms with E-state index >= 15 is 0 Å². The average Bonchev–Trinajstić information content (AvgIpc) is 2.79. The van der Waals surface area contributed by atoms with E-state index < -0.39 is 0 Å². The Labute approximate surface area is 123 Å². The molecule has 2 heterocycles. The molecule has 2 aliphatic heterocycles. The second-order valence-electron chi connectivity index (χ2n) is 6.66. The molecule has 2 atom stereocenters. The number of nitrogens with zero attached hydrogens (tertiary/aromatic N) is 1. The zero-order valence-electron chi connectivity index (χ0n) is 12.9. The molecule has 110 valence electrons. The average molecular weight is 272 g/mol. The third-order valence-corrected chi connectivity index (χ3v) is 5.11. The highest BCUT2D eigenvalue weighted by Crippen LogP contribution is 2.30. The van der Waals surface area contributed by atoms with E-state index in [1.54, 1.807) is 0 Å². The zero-order chi connectivity index (χ0) is 13.9. The van der Waals surface area contributed by atoms with E-state index in [0.29, 0.717) is 0 Å². The summed E-state index contributed by atoms with van der Waals surface area (Å²) in [6, 6.07) is 11.2. The van der Waals surface area contributed by atoms with E-state index in [1.807, 2.05) is 0 Å². The van der Waals surface area contributed by atoms with Crippen molar-refractivity contribution in [3.8, 4) is 0 Å². The van der Waals surface area contributed by atoms with Crippen molar-refractivity contribution in [2.24, 2.45) is 0 Å². The van der Waals surface area contributed by atoms with Crippen LogP contribution in [0.5, 0.6) is 0 Å². The molecule has 0 radical (unpaired) electrons. The summed E-state index contributed by atoms with van der Waals surface area (Å²) in [6.45, 7) is 6.91. The summed E-state index contributed by atoms with van der Waals surface area (Å²) in [5, 5.41) is 3.77. The number of piperidine rings is 1. The van der Waals surface area contributed by atoms with E-state index in [0.717, 1.165) is 24.7 Å². The number of aryl methyl sites for hydroxylation is 1. The van der Waals surface area contributed by atoms with Crippen LogP contribution in [0.3, 0.4) is 0 Å². The van der Waals surface area contributed by atoms with E-state index in [-0.39, 0.29) is 0 Å². The van der Waals surface area contributed by atoms with Gasteiger partial charge in [-0.2, -0.15) is 0 Å². The number of nitrogens with one attached hydrogen (secondary N) is 1. The Balaban J connectivity index is 1.70. The summed E-state index contributed by atoms with van der Waals surface area (Å²) in [6.07, 6.45) is 6.74. The van der Waals surface area contributed by atoms with Crippen LogP contribution >= 0.6 is 0 Å². The standard InChI is InChI=1S/C18H28N2/c1-3-10-20(13-15-7-5-4-6-14(15)2)18-11-16-8-9-17(12-18)19-16/h4-7,16-19H,3,8-13H2,1-2H3. The number of hydrogen-bond acceptors (Lipinski definition) is 2. The Morgan fingerprint density at radius 2 is 1.85 bits per heavy atom. The largest absolute Gasteiger partial charge is 0.311 e. The Hall–Kier alpha value is -0.860. The summed E-state index contributed by atoms with van der Waals surface area (Å²) < 4.78 is 0. The molecular formula is C18H28N2. The molecule has 2 saturated heterocycles. The first kappa shape index (κ1) is 14.1. The van der Waals surface area contributed by atoms with Crippen molar-refractivity contribution in [2.45, 2.75) is 70.6 Å². The lowest BCUT2D eigenvalue weighted by Gasteiger charge is -2.38. The summed E-state index contributed by atoms with van der Waals surface area (Å²) in [5.41, 5.74) is 2.94. The molecular weight excluding hydrogens is 244 g/mol. The normalized spacial score (nSPS) is 29.1. The SMILES string of the molecule is CCCN(Cc1ccccc1C)C1CC2CCC(C1)N2. The highest BCUT2D eigenvalue weighted by Gasteiger charge is 2.35. The van der Waals surface area contributed by atoms with Gasteiger partial charge in [0.1, 0.15) is 0 Å². The van der Waals surface area contributed by atoms with Gasteiger partial charge in [0.15, 0.2) is 0 Å². The van der Waals surface area contributed by atoms with Crippen molar-refractivity contribution in [2.75, 3.05) is 6.54 Å². The predicted molar refractivity (Wildman–Crippen MR) is 84.8 cm³/mol. The quantitative estimate of drug-likeness (QED) is 0.882. The molecule has 3 rings (SSSR count). The smallest absolute Gasteiger partial charge is 0.0239 e. The van der Waals surface area contributed by atoms with Crippen molar-refractivity contribution in [1.29, 1.82) is 0 Å². The van der Waals surface area contributed by atoms with Crippen molar-refractivity contribution in [1.82, 2.24) is 10.2 Å². The number of hydrogen-bond donors (Lipinski definition) is 1. The fourth-order valence-electron chi connectivity index (χ4n) is 4.01. The minimum atomic E-state index is 0.785. The number of rotatable bonds is 5. The summed E-state index contributed by atoms with van der Waals surface area (Å²) in [7, 11) is 0. The van der Waals surface area contributed by atoms with Crippen LogP contribution < -0.4 is 5.32 Å². The third-order valence-electron chi connectivity index (χ3n) is 5.11. The summed E-state index contributed by atoms with van der Waals surface area (Å²) in [5.74, 6) is 0. The molecule has 0 saturated carbocycles. The highest BCUT2D eigenvalue weighted by atomic mass is 15.2. The van der Waals surface area contributed by atoms with Gasteiger partial charge in [-0.25, -0.2) is 0 Å². The Kier molecular flexibility index (Phi) is 4.42.